The smallest absolute Gasteiger partial charge is 0.126 e. The van der Waals surface area contributed by atoms with E-state index in [-0.39, 0.29) is 10.6 Å². The van der Waals surface area contributed by atoms with E-state index in [4.69, 9.17) is 16.3 Å². The lowest BCUT2D eigenvalue weighted by Crippen LogP contribution is -2.00. The highest BCUT2D eigenvalue weighted by molar-refractivity contribution is 9.09. The molecule has 0 amide bonds. The molecule has 1 atom stereocenters. The molecular formula is C15H13BrClFO. The van der Waals surface area contributed by atoms with Crippen LogP contribution in [0.4, 0.5) is 4.39 Å². The van der Waals surface area contributed by atoms with Gasteiger partial charge in [0.25, 0.3) is 0 Å². The minimum Gasteiger partial charge on any atom is -0.496 e. The fraction of sp³-hybridized carbons (Fsp3) is 0.200. The minimum atomic E-state index is -0.195. The van der Waals surface area contributed by atoms with Gasteiger partial charge in [0.2, 0.25) is 0 Å². The summed E-state index contributed by atoms with van der Waals surface area (Å²) in [6, 6.07) is 12.2. The zero-order valence-electron chi connectivity index (χ0n) is 10.4. The number of hydrogen-bond acceptors (Lipinski definition) is 1. The van der Waals surface area contributed by atoms with Crippen molar-refractivity contribution in [2.24, 2.45) is 0 Å². The fourth-order valence-electron chi connectivity index (χ4n) is 1.91. The van der Waals surface area contributed by atoms with Crippen molar-refractivity contribution in [3.05, 3.63) is 64.4 Å². The van der Waals surface area contributed by atoms with E-state index in [0.29, 0.717) is 22.8 Å². The molecule has 2 aromatic rings. The first-order valence-corrected chi connectivity index (χ1v) is 7.12. The third kappa shape index (κ3) is 3.48. The molecule has 0 saturated heterocycles. The van der Waals surface area contributed by atoms with Crippen LogP contribution in [0.3, 0.4) is 0 Å². The first-order valence-electron chi connectivity index (χ1n) is 5.82. The third-order valence-electron chi connectivity index (χ3n) is 2.89. The van der Waals surface area contributed by atoms with Crippen molar-refractivity contribution in [1.29, 1.82) is 0 Å². The summed E-state index contributed by atoms with van der Waals surface area (Å²) in [4.78, 5) is -0.0309. The summed E-state index contributed by atoms with van der Waals surface area (Å²) in [7, 11) is 1.60. The van der Waals surface area contributed by atoms with Crippen LogP contribution in [0, 0.1) is 5.82 Å². The van der Waals surface area contributed by atoms with Crippen LogP contribution in [0.2, 0.25) is 5.02 Å². The molecule has 4 heteroatoms. The predicted octanol–water partition coefficient (Wildman–Crippen LogP) is 5.17. The van der Waals surface area contributed by atoms with Gasteiger partial charge in [-0.3, -0.25) is 0 Å². The van der Waals surface area contributed by atoms with Gasteiger partial charge in [-0.1, -0.05) is 51.8 Å². The molecule has 0 aliphatic carbocycles. The molecule has 0 fully saturated rings. The lowest BCUT2D eigenvalue weighted by molar-refractivity contribution is 0.409. The Hall–Kier alpha value is -1.06. The van der Waals surface area contributed by atoms with E-state index in [1.807, 2.05) is 12.1 Å². The Morgan fingerprint density at radius 1 is 1.26 bits per heavy atom. The molecule has 19 heavy (non-hydrogen) atoms. The van der Waals surface area contributed by atoms with E-state index >= 15 is 0 Å². The Labute approximate surface area is 125 Å². The SMILES string of the molecule is COc1cc(Cl)ccc1C(Br)Cc1ccccc1F. The average Bonchev–Trinajstić information content (AvgIpc) is 2.41. The summed E-state index contributed by atoms with van der Waals surface area (Å²) in [6.45, 7) is 0. The third-order valence-corrected chi connectivity index (χ3v) is 3.94. The molecule has 0 spiro atoms. The lowest BCUT2D eigenvalue weighted by Gasteiger charge is -2.15. The molecule has 1 nitrogen and oxygen atoms in total. The van der Waals surface area contributed by atoms with Crippen LogP contribution in [-0.2, 0) is 6.42 Å². The predicted molar refractivity (Wildman–Crippen MR) is 79.8 cm³/mol. The lowest BCUT2D eigenvalue weighted by atomic mass is 10.0. The number of benzene rings is 2. The van der Waals surface area contributed by atoms with E-state index in [2.05, 4.69) is 15.9 Å². The van der Waals surface area contributed by atoms with Gasteiger partial charge in [0.15, 0.2) is 0 Å². The molecule has 0 saturated carbocycles. The van der Waals surface area contributed by atoms with Gasteiger partial charge in [0.1, 0.15) is 11.6 Å². The van der Waals surface area contributed by atoms with E-state index in [1.165, 1.54) is 6.07 Å². The summed E-state index contributed by atoms with van der Waals surface area (Å²) in [5, 5.41) is 0.617. The quantitative estimate of drug-likeness (QED) is 0.696. The van der Waals surface area contributed by atoms with Gasteiger partial charge >= 0.3 is 0 Å². The summed E-state index contributed by atoms with van der Waals surface area (Å²) in [5.41, 5.74) is 1.62. The molecule has 1 unspecified atom stereocenters. The second-order valence-electron chi connectivity index (χ2n) is 4.15. The highest BCUT2D eigenvalue weighted by Crippen LogP contribution is 2.35. The number of ether oxygens (including phenoxy) is 1. The summed E-state index contributed by atoms with van der Waals surface area (Å²) < 4.78 is 18.9. The Kier molecular flexibility index (Phi) is 4.83. The zero-order valence-corrected chi connectivity index (χ0v) is 12.7. The van der Waals surface area contributed by atoms with E-state index < -0.39 is 0 Å². The fourth-order valence-corrected chi connectivity index (χ4v) is 2.80. The van der Waals surface area contributed by atoms with E-state index in [9.17, 15) is 4.39 Å². The van der Waals surface area contributed by atoms with Crippen LogP contribution in [0.1, 0.15) is 16.0 Å². The summed E-state index contributed by atoms with van der Waals surface area (Å²) in [5.74, 6) is 0.505. The molecule has 0 aliphatic heterocycles. The summed E-state index contributed by atoms with van der Waals surface area (Å²) >= 11 is 9.51. The van der Waals surface area contributed by atoms with Gasteiger partial charge in [0, 0.05) is 15.4 Å². The van der Waals surface area contributed by atoms with E-state index in [1.54, 1.807) is 31.4 Å². The number of alkyl halides is 1. The van der Waals surface area contributed by atoms with Crippen LogP contribution in [0.15, 0.2) is 42.5 Å². The van der Waals surface area contributed by atoms with Crippen molar-refractivity contribution in [2.75, 3.05) is 7.11 Å². The average molecular weight is 344 g/mol. The summed E-state index contributed by atoms with van der Waals surface area (Å²) in [6.07, 6.45) is 0.546. The normalized spacial score (nSPS) is 12.2. The maximum Gasteiger partial charge on any atom is 0.126 e. The maximum absolute atomic E-state index is 13.6. The van der Waals surface area contributed by atoms with Crippen LogP contribution >= 0.6 is 27.5 Å². The van der Waals surface area contributed by atoms with Gasteiger partial charge in [-0.2, -0.15) is 0 Å². The molecule has 0 bridgehead atoms. The first kappa shape index (κ1) is 14.4. The highest BCUT2D eigenvalue weighted by atomic mass is 79.9. The van der Waals surface area contributed by atoms with Crippen molar-refractivity contribution in [3.8, 4) is 5.75 Å². The van der Waals surface area contributed by atoms with E-state index in [0.717, 1.165) is 5.56 Å². The molecule has 0 N–H and O–H groups in total. The Balaban J connectivity index is 2.25. The standard InChI is InChI=1S/C15H13BrClFO/c1-19-15-9-11(17)6-7-12(15)13(16)8-10-4-2-3-5-14(10)18/h2-7,9,13H,8H2,1H3. The van der Waals surface area contributed by atoms with Crippen molar-refractivity contribution in [3.63, 3.8) is 0 Å². The molecule has 0 aliphatic rings. The maximum atomic E-state index is 13.6. The Morgan fingerprint density at radius 3 is 2.68 bits per heavy atom. The van der Waals surface area contributed by atoms with Crippen molar-refractivity contribution < 1.29 is 9.13 Å². The number of rotatable bonds is 4. The number of methoxy groups -OCH3 is 1. The Morgan fingerprint density at radius 2 is 2.00 bits per heavy atom. The molecule has 0 heterocycles. The topological polar surface area (TPSA) is 9.23 Å². The van der Waals surface area contributed by atoms with Gasteiger partial charge in [-0.15, -0.1) is 0 Å². The van der Waals surface area contributed by atoms with Crippen molar-refractivity contribution in [1.82, 2.24) is 0 Å². The second-order valence-corrected chi connectivity index (χ2v) is 5.69. The second kappa shape index (κ2) is 6.40. The molecule has 2 aromatic carbocycles. The molecular weight excluding hydrogens is 331 g/mol. The van der Waals surface area contributed by atoms with Crippen LogP contribution < -0.4 is 4.74 Å². The minimum absolute atomic E-state index is 0.0309. The van der Waals surface area contributed by atoms with Crippen molar-refractivity contribution >= 4 is 27.5 Å². The van der Waals surface area contributed by atoms with Gasteiger partial charge < -0.3 is 4.74 Å². The zero-order chi connectivity index (χ0) is 13.8. The number of hydrogen-bond donors (Lipinski definition) is 0. The van der Waals surface area contributed by atoms with Crippen LogP contribution in [0.5, 0.6) is 5.75 Å². The molecule has 2 rings (SSSR count). The molecule has 100 valence electrons. The van der Waals surface area contributed by atoms with Crippen molar-refractivity contribution in [2.45, 2.75) is 11.2 Å². The number of halogens is 3. The monoisotopic (exact) mass is 342 g/mol. The van der Waals surface area contributed by atoms with Gasteiger partial charge in [-0.05, 0) is 30.2 Å². The largest absolute Gasteiger partial charge is 0.496 e. The molecule has 0 radical (unpaired) electrons. The van der Waals surface area contributed by atoms with Crippen LogP contribution in [-0.4, -0.2) is 7.11 Å². The van der Waals surface area contributed by atoms with Crippen LogP contribution in [0.25, 0.3) is 0 Å². The first-order chi connectivity index (χ1) is 9.11. The molecule has 0 aromatic heterocycles. The van der Waals surface area contributed by atoms with Gasteiger partial charge in [-0.25, -0.2) is 4.39 Å². The Bertz CT molecular complexity index is 574. The highest BCUT2D eigenvalue weighted by Gasteiger charge is 2.15. The van der Waals surface area contributed by atoms with Gasteiger partial charge in [0.05, 0.1) is 7.11 Å².